The van der Waals surface area contributed by atoms with Gasteiger partial charge in [-0.3, -0.25) is 5.41 Å². The molecule has 0 aromatic rings. The molecule has 3 atom stereocenters. The molecule has 0 amide bonds. The fourth-order valence-electron chi connectivity index (χ4n) is 0.922. The Kier molecular flexibility index (Phi) is 1.42. The van der Waals surface area contributed by atoms with E-state index in [4.69, 9.17) is 21.4 Å². The van der Waals surface area contributed by atoms with Gasteiger partial charge in [0, 0.05) is 5.92 Å². The van der Waals surface area contributed by atoms with Crippen molar-refractivity contribution in [2.24, 2.45) is 11.7 Å². The monoisotopic (exact) mass is 130 g/mol. The van der Waals surface area contributed by atoms with Crippen LogP contribution in [0.4, 0.5) is 0 Å². The predicted molar refractivity (Wildman–Crippen MR) is 32.0 cm³/mol. The maximum Gasteiger partial charge on any atom is 0.0965 e. The highest BCUT2D eigenvalue weighted by Gasteiger charge is 2.40. The number of hydrogen-bond donors (Lipinski definition) is 4. The van der Waals surface area contributed by atoms with Crippen LogP contribution < -0.4 is 5.73 Å². The molecule has 0 aromatic heterocycles. The van der Waals surface area contributed by atoms with Crippen LogP contribution in [-0.2, 0) is 0 Å². The molecule has 0 saturated heterocycles. The molecule has 4 nitrogen and oxygen atoms in total. The third-order valence-corrected chi connectivity index (χ3v) is 1.70. The van der Waals surface area contributed by atoms with Crippen LogP contribution in [-0.4, -0.2) is 28.3 Å². The van der Waals surface area contributed by atoms with E-state index in [-0.39, 0.29) is 11.8 Å². The Morgan fingerprint density at radius 3 is 2.22 bits per heavy atom. The molecule has 1 fully saturated rings. The van der Waals surface area contributed by atoms with Crippen molar-refractivity contribution in [1.29, 1.82) is 5.41 Å². The topological polar surface area (TPSA) is 90.3 Å². The lowest BCUT2D eigenvalue weighted by atomic mass is 9.78. The van der Waals surface area contributed by atoms with E-state index in [0.717, 1.165) is 0 Å². The average molecular weight is 130 g/mol. The standard InChI is InChI=1S/C5H10N2O2/c6-5(7)2-1-3(8)4(2)9/h2-4,8-9H,1H2,(H3,6,7). The third-order valence-electron chi connectivity index (χ3n) is 1.70. The summed E-state index contributed by atoms with van der Waals surface area (Å²) in [6, 6.07) is 0. The number of hydrogen-bond acceptors (Lipinski definition) is 3. The highest BCUT2D eigenvalue weighted by Crippen LogP contribution is 2.27. The summed E-state index contributed by atoms with van der Waals surface area (Å²) in [5.74, 6) is -0.340. The molecule has 0 radical (unpaired) electrons. The molecule has 1 saturated carbocycles. The summed E-state index contributed by atoms with van der Waals surface area (Å²) in [6.07, 6.45) is -1.04. The molecule has 3 unspecified atom stereocenters. The van der Waals surface area contributed by atoms with Crippen LogP contribution in [0, 0.1) is 11.3 Å². The van der Waals surface area contributed by atoms with Gasteiger partial charge in [0.15, 0.2) is 0 Å². The Balaban J connectivity index is 2.42. The zero-order valence-corrected chi connectivity index (χ0v) is 4.91. The number of aliphatic hydroxyl groups is 2. The van der Waals surface area contributed by atoms with Crippen LogP contribution in [0.3, 0.4) is 0 Å². The van der Waals surface area contributed by atoms with Gasteiger partial charge in [-0.15, -0.1) is 0 Å². The second kappa shape index (κ2) is 1.97. The molecule has 0 aromatic carbocycles. The van der Waals surface area contributed by atoms with E-state index in [1.54, 1.807) is 0 Å². The van der Waals surface area contributed by atoms with Gasteiger partial charge in [0.2, 0.25) is 0 Å². The molecule has 5 N–H and O–H groups in total. The van der Waals surface area contributed by atoms with Crippen molar-refractivity contribution in [3.8, 4) is 0 Å². The molecular formula is C5H10N2O2. The van der Waals surface area contributed by atoms with Gasteiger partial charge in [-0.25, -0.2) is 0 Å². The zero-order valence-electron chi connectivity index (χ0n) is 4.91. The largest absolute Gasteiger partial charge is 0.390 e. The van der Waals surface area contributed by atoms with Crippen LogP contribution >= 0.6 is 0 Å². The Labute approximate surface area is 52.8 Å². The van der Waals surface area contributed by atoms with Crippen molar-refractivity contribution in [2.45, 2.75) is 18.6 Å². The van der Waals surface area contributed by atoms with Gasteiger partial charge in [0.05, 0.1) is 18.0 Å². The molecule has 0 aliphatic heterocycles. The molecule has 0 bridgehead atoms. The summed E-state index contributed by atoms with van der Waals surface area (Å²) in [4.78, 5) is 0. The zero-order chi connectivity index (χ0) is 7.02. The first kappa shape index (κ1) is 6.51. The van der Waals surface area contributed by atoms with Gasteiger partial charge in [-0.05, 0) is 6.42 Å². The molecule has 4 heteroatoms. The van der Waals surface area contributed by atoms with Crippen LogP contribution in [0.25, 0.3) is 0 Å². The van der Waals surface area contributed by atoms with Crippen molar-refractivity contribution in [3.05, 3.63) is 0 Å². The SMILES string of the molecule is N=C(N)C1CC(O)C1O. The van der Waals surface area contributed by atoms with Crippen molar-refractivity contribution in [2.75, 3.05) is 0 Å². The van der Waals surface area contributed by atoms with Gasteiger partial charge in [-0.1, -0.05) is 0 Å². The van der Waals surface area contributed by atoms with E-state index >= 15 is 0 Å². The molecular weight excluding hydrogens is 120 g/mol. The van der Waals surface area contributed by atoms with E-state index < -0.39 is 12.2 Å². The summed E-state index contributed by atoms with van der Waals surface area (Å²) in [6.45, 7) is 0. The van der Waals surface area contributed by atoms with Crippen molar-refractivity contribution in [3.63, 3.8) is 0 Å². The molecule has 0 spiro atoms. The van der Waals surface area contributed by atoms with Gasteiger partial charge >= 0.3 is 0 Å². The number of aliphatic hydroxyl groups excluding tert-OH is 2. The van der Waals surface area contributed by atoms with Gasteiger partial charge in [-0.2, -0.15) is 0 Å². The van der Waals surface area contributed by atoms with E-state index in [9.17, 15) is 0 Å². The summed E-state index contributed by atoms with van der Waals surface area (Å²) >= 11 is 0. The van der Waals surface area contributed by atoms with Crippen molar-refractivity contribution in [1.82, 2.24) is 0 Å². The van der Waals surface area contributed by atoms with Crippen LogP contribution in [0.1, 0.15) is 6.42 Å². The summed E-state index contributed by atoms with van der Waals surface area (Å²) in [5, 5.41) is 24.5. The maximum atomic E-state index is 8.88. The lowest BCUT2D eigenvalue weighted by molar-refractivity contribution is -0.0777. The minimum atomic E-state index is -0.803. The summed E-state index contributed by atoms with van der Waals surface area (Å²) in [5.41, 5.74) is 5.06. The molecule has 1 aliphatic carbocycles. The number of rotatable bonds is 1. The highest BCUT2D eigenvalue weighted by atomic mass is 16.3. The lowest BCUT2D eigenvalue weighted by Crippen LogP contribution is -2.51. The van der Waals surface area contributed by atoms with Crippen LogP contribution in [0.5, 0.6) is 0 Å². The maximum absolute atomic E-state index is 8.88. The first-order chi connectivity index (χ1) is 4.13. The first-order valence-corrected chi connectivity index (χ1v) is 2.83. The van der Waals surface area contributed by atoms with Crippen LogP contribution in [0.2, 0.25) is 0 Å². The first-order valence-electron chi connectivity index (χ1n) is 2.83. The average Bonchev–Trinajstić information content (AvgIpc) is 1.81. The second-order valence-corrected chi connectivity index (χ2v) is 2.36. The van der Waals surface area contributed by atoms with Gasteiger partial charge < -0.3 is 15.9 Å². The summed E-state index contributed by atoms with van der Waals surface area (Å²) < 4.78 is 0. The Hall–Kier alpha value is -0.610. The van der Waals surface area contributed by atoms with Gasteiger partial charge in [0.25, 0.3) is 0 Å². The third kappa shape index (κ3) is 0.906. The minimum Gasteiger partial charge on any atom is -0.390 e. The summed E-state index contributed by atoms with van der Waals surface area (Å²) in [7, 11) is 0. The fraction of sp³-hybridized carbons (Fsp3) is 0.800. The molecule has 1 aliphatic rings. The van der Waals surface area contributed by atoms with Crippen molar-refractivity contribution < 1.29 is 10.2 Å². The number of nitrogens with one attached hydrogen (secondary N) is 1. The molecule has 52 valence electrons. The molecule has 0 heterocycles. The predicted octanol–water partition coefficient (Wildman–Crippen LogP) is -1.34. The quantitative estimate of drug-likeness (QED) is 0.261. The van der Waals surface area contributed by atoms with E-state index in [0.29, 0.717) is 6.42 Å². The Bertz CT molecular complexity index is 137. The minimum absolute atomic E-state index is 0.0344. The fourth-order valence-corrected chi connectivity index (χ4v) is 0.922. The normalized spacial score (nSPS) is 41.8. The highest BCUT2D eigenvalue weighted by molar-refractivity contribution is 5.81. The molecule has 9 heavy (non-hydrogen) atoms. The second-order valence-electron chi connectivity index (χ2n) is 2.36. The van der Waals surface area contributed by atoms with E-state index in [1.165, 1.54) is 0 Å². The number of nitrogens with two attached hydrogens (primary N) is 1. The van der Waals surface area contributed by atoms with Gasteiger partial charge in [0.1, 0.15) is 0 Å². The lowest BCUT2D eigenvalue weighted by Gasteiger charge is -2.36. The Morgan fingerprint density at radius 1 is 1.56 bits per heavy atom. The molecule has 1 rings (SSSR count). The van der Waals surface area contributed by atoms with E-state index in [2.05, 4.69) is 0 Å². The van der Waals surface area contributed by atoms with E-state index in [1.807, 2.05) is 0 Å². The van der Waals surface area contributed by atoms with Crippen LogP contribution in [0.15, 0.2) is 0 Å². The Morgan fingerprint density at radius 2 is 2.11 bits per heavy atom. The smallest absolute Gasteiger partial charge is 0.0965 e. The number of amidine groups is 1. The van der Waals surface area contributed by atoms with Crippen molar-refractivity contribution >= 4 is 5.84 Å².